The molecule has 7 rings (SSSR count). The zero-order valence-corrected chi connectivity index (χ0v) is 20.5. The van der Waals surface area contributed by atoms with Gasteiger partial charge in [-0.1, -0.05) is 5.16 Å². The van der Waals surface area contributed by atoms with Crippen LogP contribution in [0.25, 0.3) is 22.4 Å². The van der Waals surface area contributed by atoms with E-state index in [0.717, 1.165) is 32.6 Å². The number of oxazole rings is 1. The number of nitrogens with one attached hydrogen (secondary N) is 1. The maximum Gasteiger partial charge on any atom is 0.228 e. The van der Waals surface area contributed by atoms with Crippen molar-refractivity contribution in [2.24, 2.45) is 0 Å². The van der Waals surface area contributed by atoms with Gasteiger partial charge in [0.2, 0.25) is 5.89 Å². The predicted molar refractivity (Wildman–Crippen MR) is 135 cm³/mol. The first kappa shape index (κ1) is 21.0. The minimum atomic E-state index is -0.434. The zero-order valence-electron chi connectivity index (χ0n) is 18.0. The molecule has 1 aliphatic heterocycles. The Morgan fingerprint density at radius 3 is 2.44 bits per heavy atom. The van der Waals surface area contributed by atoms with Gasteiger partial charge in [0.15, 0.2) is 5.82 Å². The van der Waals surface area contributed by atoms with E-state index in [1.807, 2.05) is 28.3 Å². The molecule has 1 aliphatic rings. The van der Waals surface area contributed by atoms with Gasteiger partial charge in [-0.3, -0.25) is 0 Å². The van der Waals surface area contributed by atoms with E-state index in [4.69, 9.17) is 18.3 Å². The fourth-order valence-corrected chi connectivity index (χ4v) is 6.20. The summed E-state index contributed by atoms with van der Waals surface area (Å²) in [5.41, 5.74) is 4.48. The second kappa shape index (κ2) is 8.75. The molecule has 176 valence electrons. The standard InChI is InChI=1S/C22H13N9O2S3/c1-6-33-28-12(1)15-16(20-23-3-7-32-20)19(22-25-5-10-35-22)31(14-11-26-30-27-14)18(13-2-8-36-29-13)17(15)21-24-4-9-34-21/h1-11,18H,(H,26,27,30). The molecule has 1 atom stereocenters. The Labute approximate surface area is 214 Å². The van der Waals surface area contributed by atoms with Crippen molar-refractivity contribution in [2.75, 3.05) is 4.90 Å². The average Bonchev–Trinajstić information content (AvgIpc) is 3.78. The molecule has 6 aromatic rings. The number of H-pyrrole nitrogens is 1. The molecule has 7 heterocycles. The molecule has 0 saturated carbocycles. The van der Waals surface area contributed by atoms with Crippen molar-refractivity contribution in [3.05, 3.63) is 92.9 Å². The van der Waals surface area contributed by atoms with E-state index < -0.39 is 6.04 Å². The van der Waals surface area contributed by atoms with Gasteiger partial charge < -0.3 is 13.8 Å². The number of aromatic nitrogens is 8. The van der Waals surface area contributed by atoms with Gasteiger partial charge in [0.05, 0.1) is 29.4 Å². The molecule has 0 fully saturated rings. The van der Waals surface area contributed by atoms with Crippen molar-refractivity contribution in [3.63, 3.8) is 0 Å². The highest BCUT2D eigenvalue weighted by atomic mass is 32.1. The lowest BCUT2D eigenvalue weighted by atomic mass is 9.84. The third-order valence-corrected chi connectivity index (χ3v) is 7.71. The summed E-state index contributed by atoms with van der Waals surface area (Å²) in [5.74, 6) is 0.980. The summed E-state index contributed by atoms with van der Waals surface area (Å²) >= 11 is 4.39. The van der Waals surface area contributed by atoms with Crippen molar-refractivity contribution >= 4 is 62.4 Å². The summed E-state index contributed by atoms with van der Waals surface area (Å²) in [6, 6.07) is 3.37. The Balaban J connectivity index is 1.68. The molecular weight excluding hydrogens is 519 g/mol. The molecule has 0 saturated heterocycles. The molecule has 0 bridgehead atoms. The second-order valence-electron chi connectivity index (χ2n) is 7.43. The lowest BCUT2D eigenvalue weighted by molar-refractivity contribution is 0.418. The van der Waals surface area contributed by atoms with Crippen LogP contribution in [0.5, 0.6) is 0 Å². The van der Waals surface area contributed by atoms with Gasteiger partial charge in [-0.05, 0) is 17.6 Å². The van der Waals surface area contributed by atoms with Crippen LogP contribution in [0.3, 0.4) is 0 Å². The number of aromatic amines is 1. The fraction of sp³-hybridized carbons (Fsp3) is 0.0455. The summed E-state index contributed by atoms with van der Waals surface area (Å²) < 4.78 is 16.0. The Morgan fingerprint density at radius 1 is 0.917 bits per heavy atom. The molecule has 1 N–H and O–H groups in total. The van der Waals surface area contributed by atoms with Crippen molar-refractivity contribution in [2.45, 2.75) is 6.04 Å². The molecule has 1 unspecified atom stereocenters. The van der Waals surface area contributed by atoms with Gasteiger partial charge >= 0.3 is 0 Å². The number of rotatable bonds is 6. The smallest absolute Gasteiger partial charge is 0.228 e. The van der Waals surface area contributed by atoms with Crippen molar-refractivity contribution in [3.8, 4) is 0 Å². The molecule has 14 heteroatoms. The number of hydrogen-bond donors (Lipinski definition) is 1. The van der Waals surface area contributed by atoms with Crippen LogP contribution in [0.15, 0.2) is 74.5 Å². The topological polar surface area (TPSA) is 136 Å². The van der Waals surface area contributed by atoms with Crippen LogP contribution in [0.4, 0.5) is 5.82 Å². The van der Waals surface area contributed by atoms with Crippen molar-refractivity contribution in [1.82, 2.24) is 39.9 Å². The molecule has 0 amide bonds. The number of hydrogen-bond acceptors (Lipinski definition) is 13. The number of thiazole rings is 2. The van der Waals surface area contributed by atoms with Gasteiger partial charge in [0, 0.05) is 45.7 Å². The van der Waals surface area contributed by atoms with Crippen LogP contribution in [-0.2, 0) is 0 Å². The summed E-state index contributed by atoms with van der Waals surface area (Å²) in [6.07, 6.45) is 9.89. The predicted octanol–water partition coefficient (Wildman–Crippen LogP) is 4.89. The molecule has 0 aromatic carbocycles. The highest BCUT2D eigenvalue weighted by molar-refractivity contribution is 7.11. The van der Waals surface area contributed by atoms with Gasteiger partial charge in [-0.2, -0.15) is 14.7 Å². The molecule has 0 radical (unpaired) electrons. The molecule has 0 aliphatic carbocycles. The molecule has 36 heavy (non-hydrogen) atoms. The van der Waals surface area contributed by atoms with E-state index in [-0.39, 0.29) is 0 Å². The Bertz CT molecular complexity index is 1490. The van der Waals surface area contributed by atoms with E-state index in [1.165, 1.54) is 40.5 Å². The van der Waals surface area contributed by atoms with Crippen LogP contribution in [0, 0.1) is 0 Å². The van der Waals surface area contributed by atoms with Crippen molar-refractivity contribution in [1.29, 1.82) is 0 Å². The van der Waals surface area contributed by atoms with Gasteiger partial charge in [-0.15, -0.1) is 27.8 Å². The largest absolute Gasteiger partial charge is 0.444 e. The van der Waals surface area contributed by atoms with Crippen molar-refractivity contribution < 1.29 is 8.94 Å². The van der Waals surface area contributed by atoms with E-state index in [0.29, 0.717) is 23.0 Å². The summed E-state index contributed by atoms with van der Waals surface area (Å²) in [5, 5.41) is 23.0. The summed E-state index contributed by atoms with van der Waals surface area (Å²) in [7, 11) is 0. The van der Waals surface area contributed by atoms with Gasteiger partial charge in [0.25, 0.3) is 0 Å². The van der Waals surface area contributed by atoms with E-state index >= 15 is 0 Å². The van der Waals surface area contributed by atoms with Crippen LogP contribution < -0.4 is 4.90 Å². The molecule has 6 aromatic heterocycles. The van der Waals surface area contributed by atoms with Crippen LogP contribution >= 0.6 is 34.2 Å². The third-order valence-electron chi connectivity index (χ3n) is 5.55. The SMILES string of the molecule is c1coc(C2=C(c3nccs3)N(c3cn[nH]n3)C(c3ccsn3)C(c3nccs3)=C2c2ccon2)n1. The first-order chi connectivity index (χ1) is 17.9. The molecular formula is C22H13N9O2S3. The quantitative estimate of drug-likeness (QED) is 0.316. The highest BCUT2D eigenvalue weighted by Gasteiger charge is 2.44. The molecule has 0 spiro atoms. The fourth-order valence-electron chi connectivity index (χ4n) is 4.26. The number of nitrogens with zero attached hydrogens (tertiary/aromatic N) is 8. The summed E-state index contributed by atoms with van der Waals surface area (Å²) in [4.78, 5) is 16.0. The lowest BCUT2D eigenvalue weighted by Gasteiger charge is -2.38. The Morgan fingerprint density at radius 2 is 1.81 bits per heavy atom. The van der Waals surface area contributed by atoms with Crippen LogP contribution in [-0.4, -0.2) is 39.9 Å². The lowest BCUT2D eigenvalue weighted by Crippen LogP contribution is -2.33. The third kappa shape index (κ3) is 3.34. The maximum absolute atomic E-state index is 5.90. The van der Waals surface area contributed by atoms with Gasteiger partial charge in [-0.25, -0.2) is 15.0 Å². The second-order valence-corrected chi connectivity index (χ2v) is 9.89. The zero-order chi connectivity index (χ0) is 23.9. The number of anilines is 1. The van der Waals surface area contributed by atoms with E-state index in [1.54, 1.807) is 31.1 Å². The first-order valence-electron chi connectivity index (χ1n) is 10.5. The van der Waals surface area contributed by atoms with Crippen LogP contribution in [0.1, 0.15) is 33.3 Å². The Kier molecular flexibility index (Phi) is 5.11. The minimum Gasteiger partial charge on any atom is -0.444 e. The highest BCUT2D eigenvalue weighted by Crippen LogP contribution is 2.55. The van der Waals surface area contributed by atoms with Crippen LogP contribution in [0.2, 0.25) is 0 Å². The first-order valence-corrected chi connectivity index (χ1v) is 13.1. The molecule has 11 nitrogen and oxygen atoms in total. The average molecular weight is 532 g/mol. The Hall–Kier alpha value is -4.27. The van der Waals surface area contributed by atoms with Gasteiger partial charge in [0.1, 0.15) is 34.3 Å². The normalized spacial score (nSPS) is 16.3. The monoisotopic (exact) mass is 531 g/mol. The number of allylic oxidation sites excluding steroid dienone is 2. The summed E-state index contributed by atoms with van der Waals surface area (Å²) in [6.45, 7) is 0. The maximum atomic E-state index is 5.90. The van der Waals surface area contributed by atoms with E-state index in [9.17, 15) is 0 Å². The van der Waals surface area contributed by atoms with E-state index in [2.05, 4.69) is 35.4 Å². The minimum absolute atomic E-state index is 0.400.